The van der Waals surface area contributed by atoms with Gasteiger partial charge in [-0.3, -0.25) is 9.59 Å². The first-order chi connectivity index (χ1) is 15.2. The minimum atomic E-state index is -4.49. The summed E-state index contributed by atoms with van der Waals surface area (Å²) in [5, 5.41) is 6.70. The standard InChI is InChI=1S/C20H17F3N6O3/c1-32-16-8-11(6-7-25-16)18(30)27-14-9-26-29-15(24)10-28(19(31)17(14)29)13-4-2-12(3-5-13)20(21,22)23/h2-9,15H,10,24H2,1H3,(H,27,30). The molecule has 2 aromatic heterocycles. The van der Waals surface area contributed by atoms with E-state index in [1.807, 2.05) is 0 Å². The minimum Gasteiger partial charge on any atom is -0.481 e. The van der Waals surface area contributed by atoms with Crippen LogP contribution in [0.1, 0.15) is 32.6 Å². The third-order valence-corrected chi connectivity index (χ3v) is 4.89. The number of fused-ring (bicyclic) bond motifs is 1. The van der Waals surface area contributed by atoms with Crippen molar-refractivity contribution in [3.63, 3.8) is 0 Å². The first kappa shape index (κ1) is 21.3. The molecular formula is C20H17F3N6O3. The fourth-order valence-corrected chi connectivity index (χ4v) is 3.30. The van der Waals surface area contributed by atoms with Crippen LogP contribution in [0.3, 0.4) is 0 Å². The Balaban J connectivity index is 1.62. The number of hydrogen-bond acceptors (Lipinski definition) is 6. The van der Waals surface area contributed by atoms with E-state index in [0.717, 1.165) is 12.1 Å². The van der Waals surface area contributed by atoms with Gasteiger partial charge < -0.3 is 20.7 Å². The molecule has 32 heavy (non-hydrogen) atoms. The van der Waals surface area contributed by atoms with Crippen LogP contribution >= 0.6 is 0 Å². The van der Waals surface area contributed by atoms with Crippen molar-refractivity contribution in [1.29, 1.82) is 0 Å². The van der Waals surface area contributed by atoms with E-state index in [0.29, 0.717) is 0 Å². The van der Waals surface area contributed by atoms with Crippen LogP contribution in [0, 0.1) is 0 Å². The largest absolute Gasteiger partial charge is 0.481 e. The Morgan fingerprint density at radius 2 is 1.97 bits per heavy atom. The lowest BCUT2D eigenvalue weighted by Crippen LogP contribution is -2.46. The van der Waals surface area contributed by atoms with E-state index >= 15 is 0 Å². The topological polar surface area (TPSA) is 115 Å². The molecule has 9 nitrogen and oxygen atoms in total. The zero-order chi connectivity index (χ0) is 23.0. The molecule has 3 N–H and O–H groups in total. The van der Waals surface area contributed by atoms with Gasteiger partial charge in [-0.1, -0.05) is 0 Å². The molecule has 0 saturated heterocycles. The van der Waals surface area contributed by atoms with E-state index in [2.05, 4.69) is 15.4 Å². The summed E-state index contributed by atoms with van der Waals surface area (Å²) in [6.45, 7) is -0.00613. The highest BCUT2D eigenvalue weighted by Crippen LogP contribution is 2.33. The maximum Gasteiger partial charge on any atom is 0.416 e. The van der Waals surface area contributed by atoms with Gasteiger partial charge in [-0.2, -0.15) is 18.3 Å². The Kier molecular flexibility index (Phi) is 5.30. The van der Waals surface area contributed by atoms with Crippen molar-refractivity contribution in [2.24, 2.45) is 5.73 Å². The molecule has 12 heteroatoms. The van der Waals surface area contributed by atoms with Gasteiger partial charge in [0, 0.05) is 23.5 Å². The highest BCUT2D eigenvalue weighted by molar-refractivity contribution is 6.13. The molecule has 1 atom stereocenters. The van der Waals surface area contributed by atoms with Crippen LogP contribution in [0.5, 0.6) is 5.88 Å². The van der Waals surface area contributed by atoms with E-state index < -0.39 is 29.7 Å². The first-order valence-electron chi connectivity index (χ1n) is 9.32. The highest BCUT2D eigenvalue weighted by atomic mass is 19.4. The number of ether oxygens (including phenoxy) is 1. The summed E-state index contributed by atoms with van der Waals surface area (Å²) in [5.74, 6) is -0.859. The van der Waals surface area contributed by atoms with E-state index in [-0.39, 0.29) is 35.1 Å². The Morgan fingerprint density at radius 1 is 1.25 bits per heavy atom. The summed E-state index contributed by atoms with van der Waals surface area (Å²) in [6, 6.07) is 7.06. The van der Waals surface area contributed by atoms with Crippen LogP contribution in [0.15, 0.2) is 48.8 Å². The summed E-state index contributed by atoms with van der Waals surface area (Å²) < 4.78 is 44.8. The number of pyridine rings is 1. The van der Waals surface area contributed by atoms with Gasteiger partial charge in [0.15, 0.2) is 5.69 Å². The molecule has 1 aliphatic rings. The highest BCUT2D eigenvalue weighted by Gasteiger charge is 2.35. The number of aromatic nitrogens is 3. The zero-order valence-electron chi connectivity index (χ0n) is 16.6. The number of amides is 2. The molecule has 0 radical (unpaired) electrons. The molecule has 3 heterocycles. The first-order valence-corrected chi connectivity index (χ1v) is 9.32. The maximum absolute atomic E-state index is 13.2. The van der Waals surface area contributed by atoms with E-state index in [1.54, 1.807) is 0 Å². The Hall–Kier alpha value is -3.93. The number of carbonyl (C=O) groups is 2. The average molecular weight is 446 g/mol. The van der Waals surface area contributed by atoms with Crippen molar-refractivity contribution in [2.75, 3.05) is 23.9 Å². The number of hydrogen-bond donors (Lipinski definition) is 2. The van der Waals surface area contributed by atoms with Crippen molar-refractivity contribution in [3.8, 4) is 5.88 Å². The Morgan fingerprint density at radius 3 is 2.62 bits per heavy atom. The average Bonchev–Trinajstić information content (AvgIpc) is 3.20. The van der Waals surface area contributed by atoms with Gasteiger partial charge in [-0.25, -0.2) is 9.67 Å². The van der Waals surface area contributed by atoms with Gasteiger partial charge in [-0.05, 0) is 30.3 Å². The van der Waals surface area contributed by atoms with Crippen LogP contribution in [0.4, 0.5) is 24.5 Å². The number of carbonyl (C=O) groups excluding carboxylic acids is 2. The smallest absolute Gasteiger partial charge is 0.416 e. The fourth-order valence-electron chi connectivity index (χ4n) is 3.30. The summed E-state index contributed by atoms with van der Waals surface area (Å²) in [7, 11) is 1.41. The lowest BCUT2D eigenvalue weighted by atomic mass is 10.1. The second kappa shape index (κ2) is 7.96. The summed E-state index contributed by atoms with van der Waals surface area (Å²) >= 11 is 0. The molecule has 4 rings (SSSR count). The predicted octanol–water partition coefficient (Wildman–Crippen LogP) is 2.68. The van der Waals surface area contributed by atoms with Crippen molar-refractivity contribution in [2.45, 2.75) is 12.3 Å². The van der Waals surface area contributed by atoms with Crippen LogP contribution in [0.25, 0.3) is 0 Å². The molecule has 2 amide bonds. The number of nitrogens with zero attached hydrogens (tertiary/aromatic N) is 4. The molecule has 166 valence electrons. The molecule has 0 saturated carbocycles. The number of benzene rings is 1. The van der Waals surface area contributed by atoms with Crippen molar-refractivity contribution in [3.05, 3.63) is 65.6 Å². The third-order valence-electron chi connectivity index (χ3n) is 4.89. The normalized spacial score (nSPS) is 16.0. The Bertz CT molecular complexity index is 1180. The number of alkyl halides is 3. The third kappa shape index (κ3) is 3.87. The zero-order valence-corrected chi connectivity index (χ0v) is 16.6. The molecule has 1 aliphatic heterocycles. The van der Waals surface area contributed by atoms with Crippen LogP contribution in [-0.4, -0.2) is 40.2 Å². The SMILES string of the molecule is COc1cc(C(=O)Nc2cnn3c2C(=O)N(c2ccc(C(F)(F)F)cc2)CC3N)ccn1. The molecule has 1 aromatic carbocycles. The number of rotatable bonds is 4. The summed E-state index contributed by atoms with van der Waals surface area (Å²) in [4.78, 5) is 31.0. The summed E-state index contributed by atoms with van der Waals surface area (Å²) in [5.41, 5.74) is 5.89. The van der Waals surface area contributed by atoms with Gasteiger partial charge in [0.05, 0.1) is 31.1 Å². The number of anilines is 2. The second-order valence-corrected chi connectivity index (χ2v) is 6.92. The lowest BCUT2D eigenvalue weighted by molar-refractivity contribution is -0.137. The number of nitrogens with one attached hydrogen (secondary N) is 1. The van der Waals surface area contributed by atoms with E-state index in [1.165, 1.54) is 53.4 Å². The number of halogens is 3. The molecule has 0 aliphatic carbocycles. The fraction of sp³-hybridized carbons (Fsp3) is 0.200. The lowest BCUT2D eigenvalue weighted by Gasteiger charge is -2.32. The number of methoxy groups -OCH3 is 1. The van der Waals surface area contributed by atoms with Crippen molar-refractivity contribution < 1.29 is 27.5 Å². The molecule has 1 unspecified atom stereocenters. The summed E-state index contributed by atoms with van der Waals surface area (Å²) in [6.07, 6.45) is -2.57. The van der Waals surface area contributed by atoms with Crippen molar-refractivity contribution in [1.82, 2.24) is 14.8 Å². The van der Waals surface area contributed by atoms with Gasteiger partial charge in [0.1, 0.15) is 6.17 Å². The Labute approximate surface area is 179 Å². The quantitative estimate of drug-likeness (QED) is 0.637. The van der Waals surface area contributed by atoms with Gasteiger partial charge in [0.25, 0.3) is 11.8 Å². The minimum absolute atomic E-state index is 0.00613. The van der Waals surface area contributed by atoms with Crippen molar-refractivity contribution >= 4 is 23.2 Å². The van der Waals surface area contributed by atoms with Gasteiger partial charge >= 0.3 is 6.18 Å². The monoisotopic (exact) mass is 446 g/mol. The molecule has 0 fully saturated rings. The maximum atomic E-state index is 13.2. The van der Waals surface area contributed by atoms with Gasteiger partial charge in [0.2, 0.25) is 5.88 Å². The molecular weight excluding hydrogens is 429 g/mol. The molecule has 0 spiro atoms. The van der Waals surface area contributed by atoms with Crippen LogP contribution in [-0.2, 0) is 6.18 Å². The predicted molar refractivity (Wildman–Crippen MR) is 107 cm³/mol. The van der Waals surface area contributed by atoms with E-state index in [9.17, 15) is 22.8 Å². The van der Waals surface area contributed by atoms with Gasteiger partial charge in [-0.15, -0.1) is 0 Å². The number of nitrogens with two attached hydrogens (primary N) is 1. The van der Waals surface area contributed by atoms with E-state index in [4.69, 9.17) is 10.5 Å². The molecule has 0 bridgehead atoms. The molecule has 3 aromatic rings. The second-order valence-electron chi connectivity index (χ2n) is 6.92. The van der Waals surface area contributed by atoms with Crippen LogP contribution in [0.2, 0.25) is 0 Å². The van der Waals surface area contributed by atoms with Crippen LogP contribution < -0.4 is 20.7 Å².